The molecule has 0 atom stereocenters. The summed E-state index contributed by atoms with van der Waals surface area (Å²) in [5.74, 6) is -0.268. The summed E-state index contributed by atoms with van der Waals surface area (Å²) in [5, 5.41) is 9.60. The van der Waals surface area contributed by atoms with Crippen molar-refractivity contribution in [2.24, 2.45) is 0 Å². The van der Waals surface area contributed by atoms with Crippen molar-refractivity contribution in [3.05, 3.63) is 60.4 Å². The highest BCUT2D eigenvalue weighted by Crippen LogP contribution is 2.17. The van der Waals surface area contributed by atoms with Gasteiger partial charge in [0, 0.05) is 12.4 Å². The van der Waals surface area contributed by atoms with Crippen molar-refractivity contribution in [2.45, 2.75) is 5.75 Å². The SMILES string of the molecule is O=C(O)N1C=CC=CN1S(=O)(=O)Cc1ccccc1. The number of hydrogen-bond acceptors (Lipinski definition) is 3. The molecular formula is C12H12N2O4S. The fraction of sp³-hybridized carbons (Fsp3) is 0.0833. The number of benzene rings is 1. The minimum atomic E-state index is -3.79. The molecule has 0 saturated heterocycles. The maximum Gasteiger partial charge on any atom is 0.431 e. The molecule has 0 radical (unpaired) electrons. The summed E-state index contributed by atoms with van der Waals surface area (Å²) in [6.07, 6.45) is 3.92. The van der Waals surface area contributed by atoms with Gasteiger partial charge in [-0.1, -0.05) is 30.3 Å². The van der Waals surface area contributed by atoms with Gasteiger partial charge in [-0.05, 0) is 17.7 Å². The van der Waals surface area contributed by atoms with Crippen LogP contribution in [0.2, 0.25) is 0 Å². The molecule has 1 amide bonds. The molecule has 1 aromatic carbocycles. The third-order valence-electron chi connectivity index (χ3n) is 2.44. The molecule has 1 aliphatic heterocycles. The molecule has 0 saturated carbocycles. The first kappa shape index (κ1) is 13.2. The quantitative estimate of drug-likeness (QED) is 0.915. The predicted molar refractivity (Wildman–Crippen MR) is 69.0 cm³/mol. The Morgan fingerprint density at radius 3 is 2.37 bits per heavy atom. The molecule has 0 aromatic heterocycles. The molecule has 1 N–H and O–H groups in total. The lowest BCUT2D eigenvalue weighted by molar-refractivity contribution is 0.113. The van der Waals surface area contributed by atoms with Crippen molar-refractivity contribution in [2.75, 3.05) is 0 Å². The minimum absolute atomic E-state index is 0.268. The zero-order chi connectivity index (χ0) is 13.9. The van der Waals surface area contributed by atoms with Gasteiger partial charge in [-0.3, -0.25) is 0 Å². The van der Waals surface area contributed by atoms with E-state index in [-0.39, 0.29) is 5.75 Å². The first-order chi connectivity index (χ1) is 9.00. The fourth-order valence-corrected chi connectivity index (χ4v) is 3.01. The van der Waals surface area contributed by atoms with E-state index in [9.17, 15) is 13.2 Å². The largest absolute Gasteiger partial charge is 0.463 e. The van der Waals surface area contributed by atoms with Gasteiger partial charge in [0.1, 0.15) is 0 Å². The summed E-state index contributed by atoms with van der Waals surface area (Å²) in [6, 6.07) is 8.58. The van der Waals surface area contributed by atoms with E-state index in [2.05, 4.69) is 0 Å². The molecule has 0 aliphatic carbocycles. The molecule has 0 bridgehead atoms. The number of rotatable bonds is 3. The summed E-state index contributed by atoms with van der Waals surface area (Å²) in [5.41, 5.74) is 0.593. The van der Waals surface area contributed by atoms with Crippen LogP contribution in [0.1, 0.15) is 5.56 Å². The van der Waals surface area contributed by atoms with E-state index in [1.54, 1.807) is 30.3 Å². The third-order valence-corrected chi connectivity index (χ3v) is 4.00. The molecule has 100 valence electrons. The Labute approximate surface area is 110 Å². The van der Waals surface area contributed by atoms with Crippen LogP contribution < -0.4 is 0 Å². The summed E-state index contributed by atoms with van der Waals surface area (Å²) in [7, 11) is -3.79. The lowest BCUT2D eigenvalue weighted by Crippen LogP contribution is -2.44. The lowest BCUT2D eigenvalue weighted by Gasteiger charge is -2.29. The smallest absolute Gasteiger partial charge is 0.431 e. The average Bonchev–Trinajstić information content (AvgIpc) is 2.39. The van der Waals surface area contributed by atoms with E-state index >= 15 is 0 Å². The van der Waals surface area contributed by atoms with Gasteiger partial charge in [0.05, 0.1) is 5.75 Å². The van der Waals surface area contributed by atoms with E-state index in [1.807, 2.05) is 0 Å². The van der Waals surface area contributed by atoms with Gasteiger partial charge in [-0.2, -0.15) is 9.42 Å². The van der Waals surface area contributed by atoms with Gasteiger partial charge in [-0.25, -0.2) is 13.2 Å². The first-order valence-electron chi connectivity index (χ1n) is 5.44. The van der Waals surface area contributed by atoms with Crippen LogP contribution in [-0.4, -0.2) is 29.0 Å². The van der Waals surface area contributed by atoms with Crippen LogP contribution in [0.25, 0.3) is 0 Å². The van der Waals surface area contributed by atoms with E-state index in [0.29, 0.717) is 15.0 Å². The second-order valence-electron chi connectivity index (χ2n) is 3.82. The Morgan fingerprint density at radius 2 is 1.74 bits per heavy atom. The highest BCUT2D eigenvalue weighted by Gasteiger charge is 2.28. The molecule has 1 heterocycles. The molecule has 1 aromatic rings. The van der Waals surface area contributed by atoms with E-state index in [0.717, 1.165) is 0 Å². The topological polar surface area (TPSA) is 77.9 Å². The number of hydrogen-bond donors (Lipinski definition) is 1. The van der Waals surface area contributed by atoms with Gasteiger partial charge < -0.3 is 5.11 Å². The van der Waals surface area contributed by atoms with Gasteiger partial charge in [0.15, 0.2) is 0 Å². The Kier molecular flexibility index (Phi) is 3.57. The monoisotopic (exact) mass is 280 g/mol. The Morgan fingerprint density at radius 1 is 1.11 bits per heavy atom. The van der Waals surface area contributed by atoms with Crippen molar-refractivity contribution in [1.29, 1.82) is 0 Å². The molecule has 19 heavy (non-hydrogen) atoms. The normalized spacial score (nSPS) is 14.7. The van der Waals surface area contributed by atoms with Crippen LogP contribution >= 0.6 is 0 Å². The molecule has 2 rings (SSSR count). The van der Waals surface area contributed by atoms with Crippen LogP contribution in [0, 0.1) is 0 Å². The molecule has 1 aliphatic rings. The van der Waals surface area contributed by atoms with Gasteiger partial charge in [-0.15, -0.1) is 0 Å². The Balaban J connectivity index is 2.26. The molecule has 7 heteroatoms. The third kappa shape index (κ3) is 2.94. The fourth-order valence-electron chi connectivity index (χ4n) is 1.62. The average molecular weight is 280 g/mol. The zero-order valence-electron chi connectivity index (χ0n) is 9.88. The molecule has 0 unspecified atom stereocenters. The summed E-state index contributed by atoms with van der Waals surface area (Å²) in [6.45, 7) is 0. The zero-order valence-corrected chi connectivity index (χ0v) is 10.7. The van der Waals surface area contributed by atoms with Gasteiger partial charge >= 0.3 is 6.09 Å². The molecule has 0 spiro atoms. The van der Waals surface area contributed by atoms with Crippen LogP contribution in [0.5, 0.6) is 0 Å². The highest BCUT2D eigenvalue weighted by molar-refractivity contribution is 7.88. The first-order valence-corrected chi connectivity index (χ1v) is 7.05. The molecule has 0 fully saturated rings. The van der Waals surface area contributed by atoms with Crippen LogP contribution in [0.3, 0.4) is 0 Å². The standard InChI is InChI=1S/C12H12N2O4S/c15-12(16)13-8-4-5-9-14(13)19(17,18)10-11-6-2-1-3-7-11/h1-9H,10H2,(H,15,16). The van der Waals surface area contributed by atoms with Gasteiger partial charge in [0.2, 0.25) is 0 Å². The number of sulfonamides is 1. The van der Waals surface area contributed by atoms with E-state index in [4.69, 9.17) is 5.11 Å². The van der Waals surface area contributed by atoms with Crippen molar-refractivity contribution < 1.29 is 18.3 Å². The van der Waals surface area contributed by atoms with Crippen LogP contribution in [-0.2, 0) is 15.8 Å². The Bertz CT molecular complexity index is 622. The van der Waals surface area contributed by atoms with E-state index in [1.165, 1.54) is 24.6 Å². The highest BCUT2D eigenvalue weighted by atomic mass is 32.2. The molecule has 6 nitrogen and oxygen atoms in total. The Hall–Kier alpha value is -2.28. The number of nitrogens with zero attached hydrogens (tertiary/aromatic N) is 2. The van der Waals surface area contributed by atoms with Crippen LogP contribution in [0.4, 0.5) is 4.79 Å². The predicted octanol–water partition coefficient (Wildman–Crippen LogP) is 1.75. The number of hydrazine groups is 1. The lowest BCUT2D eigenvalue weighted by atomic mass is 10.2. The summed E-state index contributed by atoms with van der Waals surface area (Å²) < 4.78 is 25.1. The van der Waals surface area contributed by atoms with E-state index < -0.39 is 16.1 Å². The van der Waals surface area contributed by atoms with Crippen molar-refractivity contribution in [1.82, 2.24) is 9.42 Å². The van der Waals surface area contributed by atoms with Crippen molar-refractivity contribution in [3.63, 3.8) is 0 Å². The van der Waals surface area contributed by atoms with Crippen LogP contribution in [0.15, 0.2) is 54.9 Å². The second-order valence-corrected chi connectivity index (χ2v) is 5.65. The maximum atomic E-state index is 12.2. The minimum Gasteiger partial charge on any atom is -0.463 e. The number of carboxylic acid groups (broad SMARTS) is 1. The summed E-state index contributed by atoms with van der Waals surface area (Å²) >= 11 is 0. The number of amides is 1. The second kappa shape index (κ2) is 5.15. The molecular weight excluding hydrogens is 268 g/mol. The number of carbonyl (C=O) groups is 1. The maximum absolute atomic E-state index is 12.2. The van der Waals surface area contributed by atoms with Gasteiger partial charge in [0.25, 0.3) is 10.0 Å². The number of allylic oxidation sites excluding steroid dienone is 2. The summed E-state index contributed by atoms with van der Waals surface area (Å²) in [4.78, 5) is 11.0. The van der Waals surface area contributed by atoms with Crippen molar-refractivity contribution in [3.8, 4) is 0 Å². The van der Waals surface area contributed by atoms with Crippen molar-refractivity contribution >= 4 is 16.1 Å².